The van der Waals surface area contributed by atoms with Crippen molar-refractivity contribution in [2.24, 2.45) is 23.5 Å². The number of pyridine rings is 2. The molecule has 0 radical (unpaired) electrons. The number of halogens is 3. The van der Waals surface area contributed by atoms with Gasteiger partial charge in [-0.1, -0.05) is 12.2 Å². The molecule has 2 aromatic heterocycles. The van der Waals surface area contributed by atoms with E-state index in [2.05, 4.69) is 21.9 Å². The minimum atomic E-state index is -1.78. The Kier molecular flexibility index (Phi) is 4.91. The summed E-state index contributed by atoms with van der Waals surface area (Å²) in [4.78, 5) is 30.2. The van der Waals surface area contributed by atoms with Gasteiger partial charge >= 0.3 is 6.16 Å². The molecule has 3 heterocycles. The number of rotatable bonds is 3. The normalized spacial score (nSPS) is 26.4. The molecule has 4 aliphatic rings. The van der Waals surface area contributed by atoms with E-state index in [4.69, 9.17) is 10.8 Å². The maximum absolute atomic E-state index is 15.4. The zero-order valence-electron chi connectivity index (χ0n) is 18.8. The van der Waals surface area contributed by atoms with Crippen molar-refractivity contribution in [2.45, 2.75) is 18.4 Å². The Bertz CT molecular complexity index is 1520. The Morgan fingerprint density at radius 1 is 1.19 bits per heavy atom. The van der Waals surface area contributed by atoms with Crippen molar-refractivity contribution >= 4 is 23.0 Å². The predicted molar refractivity (Wildman–Crippen MR) is 124 cm³/mol. The quantitative estimate of drug-likeness (QED) is 0.420. The fraction of sp³-hybridized carbons (Fsp3) is 0.320. The summed E-state index contributed by atoms with van der Waals surface area (Å²) in [5.74, 6) is -2.62. The van der Waals surface area contributed by atoms with Gasteiger partial charge in [-0.3, -0.25) is 9.36 Å². The van der Waals surface area contributed by atoms with Crippen molar-refractivity contribution in [2.75, 3.05) is 18.0 Å². The summed E-state index contributed by atoms with van der Waals surface area (Å²) < 4.78 is 49.4. The molecular weight excluding hydrogens is 477 g/mol. The Balaban J connectivity index is 1.52. The van der Waals surface area contributed by atoms with Gasteiger partial charge in [-0.25, -0.2) is 22.9 Å². The van der Waals surface area contributed by atoms with Crippen LogP contribution >= 0.6 is 0 Å². The van der Waals surface area contributed by atoms with E-state index in [1.54, 1.807) is 4.90 Å². The number of benzene rings is 1. The van der Waals surface area contributed by atoms with Gasteiger partial charge in [0.25, 0.3) is 0 Å². The van der Waals surface area contributed by atoms with Crippen molar-refractivity contribution in [3.05, 3.63) is 70.3 Å². The summed E-state index contributed by atoms with van der Waals surface area (Å²) in [5.41, 5.74) is 4.90. The fourth-order valence-electron chi connectivity index (χ4n) is 6.01. The average molecular weight is 498 g/mol. The number of nitrogens with zero attached hydrogens (tertiary/aromatic N) is 3. The molecule has 0 amide bonds. The standard InChI is InChI=1S/C25H21F3N4O4/c26-13-1-2-19(17(27)7-13)32-11-20(36-24(34)35)21(33)14-8-18(28)23(30-22(14)32)31-9-15-12-3-5-25(29,6-4-12)16(15)10-31/h1-3,5,7-8,11-12,15-16H,4,6,9-10,29H2,(H,34,35). The molecule has 0 spiro atoms. The van der Waals surface area contributed by atoms with Crippen LogP contribution in [0, 0.1) is 35.2 Å². The number of anilines is 1. The molecule has 4 atom stereocenters. The molecule has 2 bridgehead atoms. The van der Waals surface area contributed by atoms with Crippen molar-refractivity contribution in [1.82, 2.24) is 9.55 Å². The second-order valence-electron chi connectivity index (χ2n) is 9.67. The Labute approximate surface area is 202 Å². The lowest BCUT2D eigenvalue weighted by Gasteiger charge is -2.47. The van der Waals surface area contributed by atoms with Crippen LogP contribution in [0.2, 0.25) is 0 Å². The second-order valence-corrected chi connectivity index (χ2v) is 9.67. The number of hydrogen-bond acceptors (Lipinski definition) is 6. The van der Waals surface area contributed by atoms with E-state index in [-0.39, 0.29) is 34.4 Å². The van der Waals surface area contributed by atoms with Crippen LogP contribution in [-0.2, 0) is 0 Å². The van der Waals surface area contributed by atoms with Crippen LogP contribution < -0.4 is 20.8 Å². The molecule has 186 valence electrons. The minimum absolute atomic E-state index is 0.0255. The number of ether oxygens (including phenoxy) is 1. The summed E-state index contributed by atoms with van der Waals surface area (Å²) in [6.45, 7) is 0.982. The number of fused-ring (bicyclic) bond motifs is 2. The van der Waals surface area contributed by atoms with Gasteiger partial charge in [0, 0.05) is 30.6 Å². The van der Waals surface area contributed by atoms with Gasteiger partial charge in [0.15, 0.2) is 23.0 Å². The Morgan fingerprint density at radius 2 is 2.00 bits per heavy atom. The average Bonchev–Trinajstić information content (AvgIpc) is 3.29. The highest BCUT2D eigenvalue weighted by Gasteiger charge is 2.52. The Morgan fingerprint density at radius 3 is 2.67 bits per heavy atom. The summed E-state index contributed by atoms with van der Waals surface area (Å²) in [6.07, 6.45) is 5.18. The third kappa shape index (κ3) is 3.37. The Hall–Kier alpha value is -3.86. The highest BCUT2D eigenvalue weighted by atomic mass is 19.1. The van der Waals surface area contributed by atoms with E-state index < -0.39 is 40.3 Å². The van der Waals surface area contributed by atoms with Gasteiger partial charge in [0.2, 0.25) is 5.43 Å². The number of nitrogens with two attached hydrogens (primary N) is 1. The molecule has 3 N–H and O–H groups in total. The lowest BCUT2D eigenvalue weighted by molar-refractivity contribution is 0.139. The molecule has 2 fully saturated rings. The zero-order valence-corrected chi connectivity index (χ0v) is 18.8. The molecule has 1 saturated carbocycles. The van der Waals surface area contributed by atoms with Gasteiger partial charge < -0.3 is 20.5 Å². The van der Waals surface area contributed by atoms with E-state index in [0.29, 0.717) is 25.1 Å². The topological polar surface area (TPSA) is 111 Å². The van der Waals surface area contributed by atoms with Crippen molar-refractivity contribution in [3.8, 4) is 11.4 Å². The molecule has 4 unspecified atom stereocenters. The highest BCUT2D eigenvalue weighted by molar-refractivity contribution is 5.81. The van der Waals surface area contributed by atoms with Crippen LogP contribution in [0.25, 0.3) is 16.7 Å². The van der Waals surface area contributed by atoms with Crippen molar-refractivity contribution < 1.29 is 27.8 Å². The molecule has 3 aliphatic carbocycles. The largest absolute Gasteiger partial charge is 0.511 e. The van der Waals surface area contributed by atoms with E-state index in [1.807, 2.05) is 0 Å². The molecule has 1 saturated heterocycles. The van der Waals surface area contributed by atoms with Gasteiger partial charge in [-0.05, 0) is 42.9 Å². The monoisotopic (exact) mass is 498 g/mol. The number of hydrogen-bond donors (Lipinski definition) is 2. The summed E-state index contributed by atoms with van der Waals surface area (Å²) in [7, 11) is 0. The third-order valence-electron chi connectivity index (χ3n) is 7.72. The smallest absolute Gasteiger partial charge is 0.449 e. The first-order valence-corrected chi connectivity index (χ1v) is 11.5. The number of aromatic nitrogens is 2. The molecule has 8 nitrogen and oxygen atoms in total. The van der Waals surface area contributed by atoms with Crippen LogP contribution in [0.4, 0.5) is 23.8 Å². The van der Waals surface area contributed by atoms with Gasteiger partial charge in [0.05, 0.1) is 17.3 Å². The zero-order chi connectivity index (χ0) is 25.4. The third-order valence-corrected chi connectivity index (χ3v) is 7.72. The number of carboxylic acid groups (broad SMARTS) is 1. The summed E-state index contributed by atoms with van der Waals surface area (Å²) >= 11 is 0. The maximum Gasteiger partial charge on any atom is 0.511 e. The van der Waals surface area contributed by atoms with E-state index in [9.17, 15) is 18.4 Å². The predicted octanol–water partition coefficient (Wildman–Crippen LogP) is 3.59. The maximum atomic E-state index is 15.4. The fourth-order valence-corrected chi connectivity index (χ4v) is 6.01. The van der Waals surface area contributed by atoms with Gasteiger partial charge in [-0.15, -0.1) is 0 Å². The number of allylic oxidation sites excluding steroid dienone is 1. The van der Waals surface area contributed by atoms with E-state index >= 15 is 4.39 Å². The summed E-state index contributed by atoms with van der Waals surface area (Å²) in [5, 5.41) is 8.71. The number of carbonyl (C=O) groups is 1. The van der Waals surface area contributed by atoms with Crippen LogP contribution in [-0.4, -0.2) is 39.4 Å². The molecular formula is C25H21F3N4O4. The van der Waals surface area contributed by atoms with Crippen LogP contribution in [0.1, 0.15) is 12.8 Å². The molecule has 7 rings (SSSR count). The van der Waals surface area contributed by atoms with Gasteiger partial charge in [0.1, 0.15) is 11.6 Å². The van der Waals surface area contributed by atoms with E-state index in [1.165, 1.54) is 0 Å². The van der Waals surface area contributed by atoms with Gasteiger partial charge in [-0.2, -0.15) is 0 Å². The van der Waals surface area contributed by atoms with Crippen molar-refractivity contribution in [1.29, 1.82) is 0 Å². The minimum Gasteiger partial charge on any atom is -0.449 e. The SMILES string of the molecule is NC12C=CC(CC1)C1CN(c3nc4c(cc3F)c(=O)c(OC(=O)O)cn4-c3ccc(F)cc3F)CC12. The molecule has 1 aromatic carbocycles. The molecule has 11 heteroatoms. The van der Waals surface area contributed by atoms with Crippen LogP contribution in [0.15, 0.2) is 47.4 Å². The molecule has 36 heavy (non-hydrogen) atoms. The molecule has 3 aromatic rings. The highest BCUT2D eigenvalue weighted by Crippen LogP contribution is 2.50. The molecule has 1 aliphatic heterocycles. The van der Waals surface area contributed by atoms with Crippen molar-refractivity contribution in [3.63, 3.8) is 0 Å². The van der Waals surface area contributed by atoms with Crippen LogP contribution in [0.3, 0.4) is 0 Å². The first-order chi connectivity index (χ1) is 17.1. The van der Waals surface area contributed by atoms with Crippen LogP contribution in [0.5, 0.6) is 5.75 Å². The first kappa shape index (κ1) is 22.6. The van der Waals surface area contributed by atoms with E-state index in [0.717, 1.165) is 41.8 Å². The lowest BCUT2D eigenvalue weighted by atomic mass is 9.60. The second kappa shape index (κ2) is 7.82. The lowest BCUT2D eigenvalue weighted by Crippen LogP contribution is -2.55. The summed E-state index contributed by atoms with van der Waals surface area (Å²) in [6, 6.07) is 3.69. The first-order valence-electron chi connectivity index (χ1n) is 11.5.